The number of nitrogens with one attached hydrogen (secondary N) is 1. The highest BCUT2D eigenvalue weighted by Gasteiger charge is 2.61. The zero-order valence-corrected chi connectivity index (χ0v) is 17.3. The molecule has 4 N–H and O–H groups in total. The smallest absolute Gasteiger partial charge is 0.333 e. The Balaban J connectivity index is 1.77. The summed E-state index contributed by atoms with van der Waals surface area (Å²) in [6.07, 6.45) is 2.48. The van der Waals surface area contributed by atoms with Crippen LogP contribution >= 0.6 is 11.3 Å². The first-order valence-electron chi connectivity index (χ1n) is 9.55. The third-order valence-electron chi connectivity index (χ3n) is 6.50. The van der Waals surface area contributed by atoms with Crippen molar-refractivity contribution in [2.45, 2.75) is 64.6 Å². The van der Waals surface area contributed by atoms with E-state index in [9.17, 15) is 14.4 Å². The average Bonchev–Trinajstić information content (AvgIpc) is 3.29. The predicted octanol–water partition coefficient (Wildman–Crippen LogP) is 2.47. The molecule has 2 saturated carbocycles. The van der Waals surface area contributed by atoms with E-state index in [0.717, 1.165) is 19.3 Å². The van der Waals surface area contributed by atoms with Crippen LogP contribution in [0.4, 0.5) is 0 Å². The second kappa shape index (κ2) is 7.48. The van der Waals surface area contributed by atoms with Crippen molar-refractivity contribution in [2.75, 3.05) is 0 Å². The van der Waals surface area contributed by atoms with Crippen molar-refractivity contribution < 1.29 is 24.2 Å². The normalized spacial score (nSPS) is 29.9. The second-order valence-electron chi connectivity index (χ2n) is 8.93. The molecule has 0 aromatic carbocycles. The minimum absolute atomic E-state index is 0.0489. The number of carboxylic acid groups (broad SMARTS) is 1. The molecular weight excluding hydrogens is 380 g/mol. The molecule has 2 fully saturated rings. The summed E-state index contributed by atoms with van der Waals surface area (Å²) in [6, 6.07) is -0.493. The molecule has 0 aliphatic heterocycles. The van der Waals surface area contributed by atoms with Crippen molar-refractivity contribution in [3.63, 3.8) is 0 Å². The van der Waals surface area contributed by atoms with Crippen molar-refractivity contribution in [2.24, 2.45) is 22.5 Å². The number of thiophene rings is 1. The van der Waals surface area contributed by atoms with Gasteiger partial charge in [0, 0.05) is 10.8 Å². The highest BCUT2D eigenvalue weighted by Crippen LogP contribution is 2.63. The zero-order valence-electron chi connectivity index (χ0n) is 16.4. The molecule has 1 heterocycles. The van der Waals surface area contributed by atoms with Crippen LogP contribution in [0.25, 0.3) is 0 Å². The number of hydrogen-bond acceptors (Lipinski definition) is 6. The van der Waals surface area contributed by atoms with Gasteiger partial charge in [0.2, 0.25) is 5.91 Å². The Kier molecular flexibility index (Phi) is 5.55. The van der Waals surface area contributed by atoms with Crippen LogP contribution in [0.15, 0.2) is 16.8 Å². The quantitative estimate of drug-likeness (QED) is 0.597. The molecule has 1 aromatic rings. The minimum atomic E-state index is -1.23. The number of nitrogens with two attached hydrogens (primary N) is 1. The maximum atomic E-state index is 13.1. The predicted molar refractivity (Wildman–Crippen MR) is 105 cm³/mol. The van der Waals surface area contributed by atoms with Crippen LogP contribution in [0.2, 0.25) is 0 Å². The molecule has 0 saturated heterocycles. The number of carbonyl (C=O) groups excluding carboxylic acids is 2. The van der Waals surface area contributed by atoms with Gasteiger partial charge in [-0.05, 0) is 47.6 Å². The lowest BCUT2D eigenvalue weighted by Crippen LogP contribution is -2.48. The molecule has 7 nitrogen and oxygen atoms in total. The summed E-state index contributed by atoms with van der Waals surface area (Å²) in [4.78, 5) is 36.3. The Labute approximate surface area is 168 Å². The number of hydrogen-bond donors (Lipinski definition) is 3. The van der Waals surface area contributed by atoms with Gasteiger partial charge in [-0.1, -0.05) is 20.8 Å². The summed E-state index contributed by atoms with van der Waals surface area (Å²) in [5.74, 6) is -1.86. The van der Waals surface area contributed by atoms with Crippen molar-refractivity contribution >= 4 is 29.2 Å². The minimum Gasteiger partial charge on any atom is -0.481 e. The first-order chi connectivity index (χ1) is 13.0. The summed E-state index contributed by atoms with van der Waals surface area (Å²) in [6.45, 7) is 6.45. The number of carbonyl (C=O) groups is 3. The molecule has 4 unspecified atom stereocenters. The number of rotatable bonds is 7. The number of esters is 1. The molecule has 1 aromatic heterocycles. The Hall–Kier alpha value is -1.93. The number of amides is 1. The van der Waals surface area contributed by atoms with Crippen LogP contribution in [0.3, 0.4) is 0 Å². The van der Waals surface area contributed by atoms with Crippen LogP contribution in [-0.4, -0.2) is 35.1 Å². The summed E-state index contributed by atoms with van der Waals surface area (Å²) >= 11 is 1.40. The standard InChI is InChI=1S/C20H28N2O5S/c1-19(2)12-4-6-20(3,9-12)18(19)27-17(26)15(11-5-7-28-10-11)22-16(25)13(21)8-14(23)24/h5,7,10,12-13,15,18H,4,6,8-9,21H2,1-3H3,(H,22,25)(H,23,24)/t12?,13-,15?,18?,20?/m0/s1. The lowest BCUT2D eigenvalue weighted by molar-refractivity contribution is -0.168. The van der Waals surface area contributed by atoms with Gasteiger partial charge >= 0.3 is 11.9 Å². The zero-order chi connectivity index (χ0) is 20.7. The fraction of sp³-hybridized carbons (Fsp3) is 0.650. The van der Waals surface area contributed by atoms with Crippen molar-refractivity contribution in [1.29, 1.82) is 0 Å². The van der Waals surface area contributed by atoms with Gasteiger partial charge in [-0.3, -0.25) is 9.59 Å². The van der Waals surface area contributed by atoms with Gasteiger partial charge in [0.25, 0.3) is 0 Å². The van der Waals surface area contributed by atoms with Crippen molar-refractivity contribution in [1.82, 2.24) is 5.32 Å². The molecule has 0 radical (unpaired) electrons. The molecule has 1 amide bonds. The Bertz CT molecular complexity index is 758. The molecule has 2 bridgehead atoms. The van der Waals surface area contributed by atoms with E-state index in [1.54, 1.807) is 11.4 Å². The van der Waals surface area contributed by atoms with E-state index in [4.69, 9.17) is 15.6 Å². The first-order valence-corrected chi connectivity index (χ1v) is 10.5. The van der Waals surface area contributed by atoms with Gasteiger partial charge in [0.05, 0.1) is 12.5 Å². The molecular formula is C20H28N2O5S. The number of ether oxygens (including phenoxy) is 1. The van der Waals surface area contributed by atoms with E-state index in [1.807, 2.05) is 5.38 Å². The topological polar surface area (TPSA) is 119 Å². The molecule has 2 aliphatic rings. The fourth-order valence-corrected chi connectivity index (χ4v) is 5.67. The Morgan fingerprint density at radius 1 is 1.39 bits per heavy atom. The van der Waals surface area contributed by atoms with E-state index < -0.39 is 36.4 Å². The van der Waals surface area contributed by atoms with Gasteiger partial charge < -0.3 is 20.9 Å². The monoisotopic (exact) mass is 408 g/mol. The average molecular weight is 409 g/mol. The van der Waals surface area contributed by atoms with Crippen LogP contribution in [-0.2, 0) is 19.1 Å². The first kappa shape index (κ1) is 20.8. The van der Waals surface area contributed by atoms with Crippen LogP contribution in [0.5, 0.6) is 0 Å². The van der Waals surface area contributed by atoms with Gasteiger partial charge in [-0.2, -0.15) is 11.3 Å². The SMILES string of the molecule is CC12CCC(C1)C(C)(C)C2OC(=O)C(NC(=O)[C@@H](N)CC(=O)O)c1ccsc1. The molecule has 8 heteroatoms. The molecule has 3 rings (SSSR count). The van der Waals surface area contributed by atoms with Crippen molar-refractivity contribution in [3.8, 4) is 0 Å². The van der Waals surface area contributed by atoms with Crippen LogP contribution in [0, 0.1) is 16.7 Å². The largest absolute Gasteiger partial charge is 0.481 e. The highest BCUT2D eigenvalue weighted by atomic mass is 32.1. The number of aliphatic carboxylic acids is 1. The molecule has 28 heavy (non-hydrogen) atoms. The van der Waals surface area contributed by atoms with Gasteiger partial charge in [-0.15, -0.1) is 0 Å². The molecule has 2 aliphatic carbocycles. The fourth-order valence-electron chi connectivity index (χ4n) is 4.98. The van der Waals surface area contributed by atoms with E-state index in [-0.39, 0.29) is 16.9 Å². The lowest BCUT2D eigenvalue weighted by Gasteiger charge is -2.42. The third kappa shape index (κ3) is 3.80. The van der Waals surface area contributed by atoms with Gasteiger partial charge in [0.1, 0.15) is 6.10 Å². The summed E-state index contributed by atoms with van der Waals surface area (Å²) in [7, 11) is 0. The van der Waals surface area contributed by atoms with Gasteiger partial charge in [-0.25, -0.2) is 4.79 Å². The lowest BCUT2D eigenvalue weighted by atomic mass is 9.70. The third-order valence-corrected chi connectivity index (χ3v) is 7.20. The summed E-state index contributed by atoms with van der Waals surface area (Å²) in [5.41, 5.74) is 6.09. The summed E-state index contributed by atoms with van der Waals surface area (Å²) in [5, 5.41) is 15.0. The number of fused-ring (bicyclic) bond motifs is 2. The second-order valence-corrected chi connectivity index (χ2v) is 9.71. The maximum absolute atomic E-state index is 13.1. The van der Waals surface area contributed by atoms with E-state index in [0.29, 0.717) is 11.5 Å². The Morgan fingerprint density at radius 3 is 2.64 bits per heavy atom. The van der Waals surface area contributed by atoms with Crippen LogP contribution < -0.4 is 11.1 Å². The van der Waals surface area contributed by atoms with E-state index in [1.165, 1.54) is 11.3 Å². The van der Waals surface area contributed by atoms with Crippen LogP contribution in [0.1, 0.15) is 58.1 Å². The molecule has 0 spiro atoms. The molecule has 5 atom stereocenters. The highest BCUT2D eigenvalue weighted by molar-refractivity contribution is 7.08. The molecule has 154 valence electrons. The van der Waals surface area contributed by atoms with Gasteiger partial charge in [0.15, 0.2) is 6.04 Å². The number of carboxylic acids is 1. The summed E-state index contributed by atoms with van der Waals surface area (Å²) < 4.78 is 6.01. The van der Waals surface area contributed by atoms with E-state index in [2.05, 4.69) is 26.1 Å². The Morgan fingerprint density at radius 2 is 2.11 bits per heavy atom. The van der Waals surface area contributed by atoms with E-state index >= 15 is 0 Å². The maximum Gasteiger partial charge on any atom is 0.333 e. The van der Waals surface area contributed by atoms with Crippen molar-refractivity contribution in [3.05, 3.63) is 22.4 Å².